The van der Waals surface area contributed by atoms with E-state index < -0.39 is 16.6 Å². The highest BCUT2D eigenvalue weighted by Gasteiger charge is 2.26. The second-order valence-electron chi connectivity index (χ2n) is 3.64. The molecule has 0 atom stereocenters. The minimum absolute atomic E-state index is 0.112. The smallest absolute Gasteiger partial charge is 0.345 e. The second-order valence-corrected chi connectivity index (χ2v) is 3.91. The molecule has 1 aromatic rings. The molecule has 0 aliphatic carbocycles. The molecule has 102 valence electrons. The van der Waals surface area contributed by atoms with Crippen molar-refractivity contribution in [2.75, 3.05) is 12.5 Å². The first-order valence-corrected chi connectivity index (χ1v) is 6.05. The highest BCUT2D eigenvalue weighted by Crippen LogP contribution is 2.25. The lowest BCUT2D eigenvalue weighted by Gasteiger charge is -2.06. The zero-order valence-corrected chi connectivity index (χ0v) is 11.0. The number of nitrogens with zero attached hydrogens (tertiary/aromatic N) is 1. The lowest BCUT2D eigenvalue weighted by molar-refractivity contribution is -0.385. The van der Waals surface area contributed by atoms with Gasteiger partial charge in [-0.05, 0) is 13.0 Å². The largest absolute Gasteiger partial charge is 0.462 e. The summed E-state index contributed by atoms with van der Waals surface area (Å²) in [6.45, 7) is 1.71. The van der Waals surface area contributed by atoms with E-state index in [0.29, 0.717) is 0 Å². The van der Waals surface area contributed by atoms with Crippen molar-refractivity contribution in [1.82, 2.24) is 0 Å². The summed E-state index contributed by atoms with van der Waals surface area (Å²) in [5.74, 6) is -1.37. The summed E-state index contributed by atoms with van der Waals surface area (Å²) >= 11 is 5.37. The zero-order chi connectivity index (χ0) is 14.4. The number of nitro benzene ring substituents is 1. The Hall–Kier alpha value is -1.95. The van der Waals surface area contributed by atoms with Gasteiger partial charge in [0.1, 0.15) is 5.56 Å². The van der Waals surface area contributed by atoms with Crippen molar-refractivity contribution in [3.05, 3.63) is 39.4 Å². The molecule has 0 aliphatic rings. The number of ether oxygens (including phenoxy) is 1. The van der Waals surface area contributed by atoms with Crippen LogP contribution in [0.1, 0.15) is 22.8 Å². The lowest BCUT2D eigenvalue weighted by Crippen LogP contribution is -2.12. The molecule has 7 heteroatoms. The first-order valence-electron chi connectivity index (χ1n) is 5.52. The zero-order valence-electron chi connectivity index (χ0n) is 10.2. The van der Waals surface area contributed by atoms with Crippen molar-refractivity contribution in [2.24, 2.45) is 0 Å². The molecule has 0 saturated heterocycles. The quantitative estimate of drug-likeness (QED) is 0.346. The highest BCUT2D eigenvalue weighted by molar-refractivity contribution is 6.27. The standard InChI is InChI=1S/C12H12ClNO5/c1-2-19-12(16)10-5-3-4-8(6-9(15)7-13)11(10)14(17)18/h3-5H,2,6-7H2,1H3. The number of ketones is 1. The van der Waals surface area contributed by atoms with E-state index in [0.717, 1.165) is 0 Å². The number of carbonyl (C=O) groups excluding carboxylic acids is 2. The average Bonchev–Trinajstić information content (AvgIpc) is 2.38. The van der Waals surface area contributed by atoms with Gasteiger partial charge in [0.2, 0.25) is 0 Å². The molecule has 0 N–H and O–H groups in total. The van der Waals surface area contributed by atoms with Crippen LogP contribution in [-0.2, 0) is 16.0 Å². The van der Waals surface area contributed by atoms with Crippen molar-refractivity contribution in [3.8, 4) is 0 Å². The Bertz CT molecular complexity index is 515. The minimum atomic E-state index is -0.783. The average molecular weight is 286 g/mol. The van der Waals surface area contributed by atoms with E-state index in [-0.39, 0.29) is 35.8 Å². The molecule has 0 bridgehead atoms. The van der Waals surface area contributed by atoms with Gasteiger partial charge in [-0.3, -0.25) is 14.9 Å². The maximum atomic E-state index is 11.6. The molecule has 0 unspecified atom stereocenters. The van der Waals surface area contributed by atoms with Gasteiger partial charge in [-0.15, -0.1) is 11.6 Å². The topological polar surface area (TPSA) is 86.5 Å². The number of benzene rings is 1. The molecule has 0 fully saturated rings. The predicted octanol–water partition coefficient (Wildman–Crippen LogP) is 2.12. The highest BCUT2D eigenvalue weighted by atomic mass is 35.5. The number of Topliss-reactive ketones (excluding diaryl/α,β-unsaturated/α-hetero) is 1. The fourth-order valence-electron chi connectivity index (χ4n) is 1.58. The Kier molecular flexibility index (Phi) is 5.44. The van der Waals surface area contributed by atoms with Gasteiger partial charge in [-0.1, -0.05) is 12.1 Å². The second kappa shape index (κ2) is 6.84. The third kappa shape index (κ3) is 3.75. The Balaban J connectivity index is 3.25. The Labute approximate surface area is 114 Å². The van der Waals surface area contributed by atoms with Crippen molar-refractivity contribution >= 4 is 29.0 Å². The van der Waals surface area contributed by atoms with E-state index in [4.69, 9.17) is 16.3 Å². The molecule has 0 heterocycles. The van der Waals surface area contributed by atoms with Gasteiger partial charge < -0.3 is 4.74 Å². The fourth-order valence-corrected chi connectivity index (χ4v) is 1.68. The number of rotatable bonds is 6. The number of hydrogen-bond donors (Lipinski definition) is 0. The molecule has 1 aromatic carbocycles. The van der Waals surface area contributed by atoms with E-state index in [9.17, 15) is 19.7 Å². The number of esters is 1. The molecule has 0 saturated carbocycles. The molecular weight excluding hydrogens is 274 g/mol. The number of halogens is 1. The fraction of sp³-hybridized carbons (Fsp3) is 0.333. The Morgan fingerprint density at radius 1 is 1.42 bits per heavy atom. The van der Waals surface area contributed by atoms with Gasteiger partial charge in [-0.2, -0.15) is 0 Å². The van der Waals surface area contributed by atoms with Crippen LogP contribution in [-0.4, -0.2) is 29.2 Å². The van der Waals surface area contributed by atoms with Crippen LogP contribution in [0.15, 0.2) is 18.2 Å². The molecular formula is C12H12ClNO5. The van der Waals surface area contributed by atoms with Crippen LogP contribution < -0.4 is 0 Å². The van der Waals surface area contributed by atoms with Gasteiger partial charge >= 0.3 is 5.97 Å². The summed E-state index contributed by atoms with van der Waals surface area (Å²) in [6, 6.07) is 4.19. The first kappa shape index (κ1) is 15.1. The van der Waals surface area contributed by atoms with E-state index >= 15 is 0 Å². The molecule has 1 rings (SSSR count). The molecule has 0 amide bonds. The molecule has 6 nitrogen and oxygen atoms in total. The Morgan fingerprint density at radius 2 is 2.11 bits per heavy atom. The monoisotopic (exact) mass is 285 g/mol. The van der Waals surface area contributed by atoms with Crippen molar-refractivity contribution in [1.29, 1.82) is 0 Å². The maximum absolute atomic E-state index is 11.6. The van der Waals surface area contributed by atoms with Crippen LogP contribution in [0.25, 0.3) is 0 Å². The van der Waals surface area contributed by atoms with E-state index in [1.807, 2.05) is 0 Å². The van der Waals surface area contributed by atoms with E-state index in [1.54, 1.807) is 6.92 Å². The molecule has 0 aliphatic heterocycles. The third-order valence-corrected chi connectivity index (χ3v) is 2.63. The normalized spacial score (nSPS) is 10.0. The number of hydrogen-bond acceptors (Lipinski definition) is 5. The molecule has 19 heavy (non-hydrogen) atoms. The molecule has 0 aromatic heterocycles. The van der Waals surface area contributed by atoms with Crippen molar-refractivity contribution < 1.29 is 19.2 Å². The van der Waals surface area contributed by atoms with Crippen LogP contribution in [0.5, 0.6) is 0 Å². The van der Waals surface area contributed by atoms with Gasteiger partial charge in [0.15, 0.2) is 5.78 Å². The summed E-state index contributed by atoms with van der Waals surface area (Å²) in [5, 5.41) is 11.1. The first-order chi connectivity index (χ1) is 9.01. The SMILES string of the molecule is CCOC(=O)c1cccc(CC(=O)CCl)c1[N+](=O)[O-]. The summed E-state index contributed by atoms with van der Waals surface area (Å²) in [4.78, 5) is 33.3. The van der Waals surface area contributed by atoms with Crippen LogP contribution in [0.4, 0.5) is 5.69 Å². The van der Waals surface area contributed by atoms with Crippen molar-refractivity contribution in [3.63, 3.8) is 0 Å². The minimum Gasteiger partial charge on any atom is -0.462 e. The Morgan fingerprint density at radius 3 is 2.63 bits per heavy atom. The summed E-state index contributed by atoms with van der Waals surface area (Å²) in [6.07, 6.45) is -0.187. The van der Waals surface area contributed by atoms with Gasteiger partial charge in [0, 0.05) is 12.0 Å². The maximum Gasteiger partial charge on any atom is 0.345 e. The number of alkyl halides is 1. The predicted molar refractivity (Wildman–Crippen MR) is 68.5 cm³/mol. The summed E-state index contributed by atoms with van der Waals surface area (Å²) in [5.41, 5.74) is -0.410. The lowest BCUT2D eigenvalue weighted by atomic mass is 10.0. The van der Waals surface area contributed by atoms with E-state index in [1.165, 1.54) is 18.2 Å². The molecule has 0 spiro atoms. The summed E-state index contributed by atoms with van der Waals surface area (Å²) in [7, 11) is 0. The summed E-state index contributed by atoms with van der Waals surface area (Å²) < 4.78 is 4.75. The van der Waals surface area contributed by atoms with Crippen molar-refractivity contribution in [2.45, 2.75) is 13.3 Å². The van der Waals surface area contributed by atoms with Crippen LogP contribution >= 0.6 is 11.6 Å². The number of para-hydroxylation sites is 1. The molecule has 0 radical (unpaired) electrons. The number of carbonyl (C=O) groups is 2. The van der Waals surface area contributed by atoms with Gasteiger partial charge in [-0.25, -0.2) is 4.79 Å². The van der Waals surface area contributed by atoms with E-state index in [2.05, 4.69) is 0 Å². The third-order valence-electron chi connectivity index (χ3n) is 2.33. The van der Waals surface area contributed by atoms with Crippen LogP contribution in [0.3, 0.4) is 0 Å². The van der Waals surface area contributed by atoms with Gasteiger partial charge in [0.25, 0.3) is 5.69 Å². The van der Waals surface area contributed by atoms with Gasteiger partial charge in [0.05, 0.1) is 17.4 Å². The van der Waals surface area contributed by atoms with Crippen LogP contribution in [0, 0.1) is 10.1 Å². The van der Waals surface area contributed by atoms with Crippen LogP contribution in [0.2, 0.25) is 0 Å². The number of nitro groups is 1.